The Balaban J connectivity index is 0.00000300. The second-order valence-electron chi connectivity index (χ2n) is 9.17. The van der Waals surface area contributed by atoms with E-state index in [4.69, 9.17) is 4.99 Å². The molecule has 0 radical (unpaired) electrons. The third-order valence-corrected chi connectivity index (χ3v) is 6.71. The van der Waals surface area contributed by atoms with Crippen molar-refractivity contribution in [3.05, 3.63) is 0 Å². The van der Waals surface area contributed by atoms with Crippen LogP contribution in [0.2, 0.25) is 0 Å². The average Bonchev–Trinajstić information content (AvgIpc) is 3.43. The summed E-state index contributed by atoms with van der Waals surface area (Å²) >= 11 is 0. The van der Waals surface area contributed by atoms with E-state index in [0.717, 1.165) is 51.4 Å². The van der Waals surface area contributed by atoms with Gasteiger partial charge in [-0.3, -0.25) is 14.7 Å². The van der Waals surface area contributed by atoms with Gasteiger partial charge in [0, 0.05) is 37.6 Å². The summed E-state index contributed by atoms with van der Waals surface area (Å²) in [6.45, 7) is 12.6. The first-order chi connectivity index (χ1) is 13.6. The number of halogens is 1. The van der Waals surface area contributed by atoms with Crippen molar-refractivity contribution < 1.29 is 4.79 Å². The molecule has 0 bridgehead atoms. The monoisotopic (exact) mass is 519 g/mol. The van der Waals surface area contributed by atoms with Gasteiger partial charge >= 0.3 is 0 Å². The predicted molar refractivity (Wildman–Crippen MR) is 131 cm³/mol. The number of carbonyl (C=O) groups excluding carboxylic acids is 1. The Morgan fingerprint density at radius 1 is 1.07 bits per heavy atom. The molecule has 2 atom stereocenters. The number of nitrogens with one attached hydrogen (secondary N) is 2. The second kappa shape index (κ2) is 12.3. The number of carbonyl (C=O) groups is 1. The van der Waals surface area contributed by atoms with E-state index < -0.39 is 0 Å². The maximum atomic E-state index is 12.7. The zero-order chi connectivity index (χ0) is 19.9. The molecule has 7 heteroatoms. The number of likely N-dealkylation sites (tertiary alicyclic amines) is 2. The van der Waals surface area contributed by atoms with E-state index in [0.29, 0.717) is 23.9 Å². The van der Waals surface area contributed by atoms with Crippen LogP contribution in [-0.4, -0.2) is 73.0 Å². The summed E-state index contributed by atoms with van der Waals surface area (Å²) in [6.07, 6.45) is 8.27. The smallest absolute Gasteiger partial charge is 0.225 e. The van der Waals surface area contributed by atoms with Crippen LogP contribution in [0, 0.1) is 11.8 Å². The fourth-order valence-corrected chi connectivity index (χ4v) is 5.03. The summed E-state index contributed by atoms with van der Waals surface area (Å²) in [7, 11) is 0. The Bertz CT molecular complexity index is 529. The van der Waals surface area contributed by atoms with Gasteiger partial charge in [0.2, 0.25) is 5.91 Å². The molecule has 1 amide bonds. The van der Waals surface area contributed by atoms with Crippen molar-refractivity contribution in [1.29, 1.82) is 0 Å². The lowest BCUT2D eigenvalue weighted by atomic mass is 10.0. The number of hydrogen-bond donors (Lipinski definition) is 2. The molecule has 2 aliphatic heterocycles. The van der Waals surface area contributed by atoms with Crippen molar-refractivity contribution in [1.82, 2.24) is 20.4 Å². The van der Waals surface area contributed by atoms with Gasteiger partial charge in [0.1, 0.15) is 0 Å². The summed E-state index contributed by atoms with van der Waals surface area (Å²) in [6, 6.07) is 0.828. The van der Waals surface area contributed by atoms with Crippen molar-refractivity contribution in [2.75, 3.05) is 39.3 Å². The molecule has 6 nitrogen and oxygen atoms in total. The van der Waals surface area contributed by atoms with Crippen LogP contribution in [0.5, 0.6) is 0 Å². The zero-order valence-electron chi connectivity index (χ0n) is 18.7. The van der Waals surface area contributed by atoms with Crippen LogP contribution in [0.25, 0.3) is 0 Å². The molecule has 3 aliphatic rings. The Hall–Kier alpha value is -0.570. The van der Waals surface area contributed by atoms with Gasteiger partial charge in [-0.2, -0.15) is 0 Å². The Kier molecular flexibility index (Phi) is 10.5. The Labute approximate surface area is 194 Å². The second-order valence-corrected chi connectivity index (χ2v) is 9.17. The van der Waals surface area contributed by atoms with Gasteiger partial charge in [0.25, 0.3) is 0 Å². The summed E-state index contributed by atoms with van der Waals surface area (Å²) in [5.41, 5.74) is 0. The van der Waals surface area contributed by atoms with Crippen LogP contribution in [0.1, 0.15) is 65.7 Å². The molecule has 3 rings (SSSR count). The van der Waals surface area contributed by atoms with Gasteiger partial charge in [-0.1, -0.05) is 26.7 Å². The molecule has 168 valence electrons. The van der Waals surface area contributed by atoms with Crippen molar-refractivity contribution >= 4 is 35.8 Å². The molecule has 3 fully saturated rings. The number of nitrogens with zero attached hydrogens (tertiary/aromatic N) is 3. The van der Waals surface area contributed by atoms with Crippen LogP contribution in [0.3, 0.4) is 0 Å². The Morgan fingerprint density at radius 2 is 1.76 bits per heavy atom. The molecule has 1 aliphatic carbocycles. The zero-order valence-corrected chi connectivity index (χ0v) is 21.0. The van der Waals surface area contributed by atoms with Gasteiger partial charge in [-0.15, -0.1) is 24.0 Å². The van der Waals surface area contributed by atoms with Crippen molar-refractivity contribution in [2.24, 2.45) is 16.8 Å². The molecule has 2 unspecified atom stereocenters. The number of guanidine groups is 1. The quantitative estimate of drug-likeness (QED) is 0.309. The third-order valence-electron chi connectivity index (χ3n) is 6.71. The molecule has 29 heavy (non-hydrogen) atoms. The molecular weight excluding hydrogens is 477 g/mol. The van der Waals surface area contributed by atoms with Gasteiger partial charge < -0.3 is 15.5 Å². The van der Waals surface area contributed by atoms with Crippen LogP contribution >= 0.6 is 24.0 Å². The minimum atomic E-state index is 0. The Morgan fingerprint density at radius 3 is 2.38 bits per heavy atom. The maximum Gasteiger partial charge on any atom is 0.225 e. The molecule has 2 saturated heterocycles. The van der Waals surface area contributed by atoms with E-state index in [9.17, 15) is 4.79 Å². The van der Waals surface area contributed by atoms with E-state index in [-0.39, 0.29) is 29.9 Å². The first kappa shape index (κ1) is 24.7. The predicted octanol–water partition coefficient (Wildman–Crippen LogP) is 3.07. The summed E-state index contributed by atoms with van der Waals surface area (Å²) in [5, 5.41) is 7.01. The molecule has 1 saturated carbocycles. The van der Waals surface area contributed by atoms with Crippen LogP contribution < -0.4 is 10.6 Å². The molecule has 0 spiro atoms. The number of aliphatic imine (C=N–C) groups is 1. The van der Waals surface area contributed by atoms with Gasteiger partial charge in [-0.25, -0.2) is 0 Å². The highest BCUT2D eigenvalue weighted by Gasteiger charge is 2.32. The lowest BCUT2D eigenvalue weighted by molar-refractivity contribution is -0.134. The fraction of sp³-hybridized carbons (Fsp3) is 0.909. The molecule has 2 heterocycles. The van der Waals surface area contributed by atoms with Crippen LogP contribution in [0.4, 0.5) is 0 Å². The molecule has 0 aromatic carbocycles. The van der Waals surface area contributed by atoms with Gasteiger partial charge in [-0.05, 0) is 58.0 Å². The van der Waals surface area contributed by atoms with Crippen molar-refractivity contribution in [3.8, 4) is 0 Å². The van der Waals surface area contributed by atoms with E-state index >= 15 is 0 Å². The van der Waals surface area contributed by atoms with E-state index in [1.807, 2.05) is 0 Å². The summed E-state index contributed by atoms with van der Waals surface area (Å²) in [5.74, 6) is 2.19. The largest absolute Gasteiger partial charge is 0.357 e. The van der Waals surface area contributed by atoms with E-state index in [1.165, 1.54) is 38.8 Å². The lowest BCUT2D eigenvalue weighted by Gasteiger charge is -2.30. The third kappa shape index (κ3) is 6.97. The lowest BCUT2D eigenvalue weighted by Crippen LogP contribution is -2.46. The van der Waals surface area contributed by atoms with E-state index in [2.05, 4.69) is 41.2 Å². The first-order valence-corrected chi connectivity index (χ1v) is 11.7. The molecular formula is C22H42IN5O. The molecule has 0 aromatic rings. The van der Waals surface area contributed by atoms with Crippen LogP contribution in [0.15, 0.2) is 4.99 Å². The maximum absolute atomic E-state index is 12.7. The number of hydrogen-bond acceptors (Lipinski definition) is 3. The number of rotatable bonds is 7. The summed E-state index contributed by atoms with van der Waals surface area (Å²) < 4.78 is 0. The summed E-state index contributed by atoms with van der Waals surface area (Å²) in [4.78, 5) is 22.3. The molecule has 0 aromatic heterocycles. The highest BCUT2D eigenvalue weighted by molar-refractivity contribution is 14.0. The van der Waals surface area contributed by atoms with E-state index in [1.54, 1.807) is 0 Å². The van der Waals surface area contributed by atoms with Gasteiger partial charge in [0.15, 0.2) is 5.96 Å². The van der Waals surface area contributed by atoms with Gasteiger partial charge in [0.05, 0.1) is 6.54 Å². The normalized spacial score (nSPS) is 24.8. The highest BCUT2D eigenvalue weighted by Crippen LogP contribution is 2.27. The minimum Gasteiger partial charge on any atom is -0.357 e. The first-order valence-electron chi connectivity index (χ1n) is 11.7. The molecule has 2 N–H and O–H groups in total. The van der Waals surface area contributed by atoms with Crippen molar-refractivity contribution in [3.63, 3.8) is 0 Å². The number of amides is 1. The standard InChI is InChI=1S/C22H41N5O.HI/c1-4-23-22(24-15-20(17(2)3)26-12-7-8-13-26)25-19-11-14-27(16-19)21(28)18-9-5-6-10-18;/h17-20H,4-16H2,1-3H3,(H2,23,24,25);1H. The van der Waals surface area contributed by atoms with Crippen molar-refractivity contribution in [2.45, 2.75) is 77.8 Å². The fourth-order valence-electron chi connectivity index (χ4n) is 5.03. The topological polar surface area (TPSA) is 60.0 Å². The van der Waals surface area contributed by atoms with Crippen LogP contribution in [-0.2, 0) is 4.79 Å². The average molecular weight is 520 g/mol. The minimum absolute atomic E-state index is 0. The highest BCUT2D eigenvalue weighted by atomic mass is 127. The SMILES string of the molecule is CCNC(=NCC(C(C)C)N1CCCC1)NC1CCN(C(=O)C2CCCC2)C1.I.